The van der Waals surface area contributed by atoms with Crippen molar-refractivity contribution < 1.29 is 14.7 Å². The van der Waals surface area contributed by atoms with Gasteiger partial charge in [-0.15, -0.1) is 0 Å². The van der Waals surface area contributed by atoms with Crippen molar-refractivity contribution in [2.75, 3.05) is 18.4 Å². The lowest BCUT2D eigenvalue weighted by Gasteiger charge is -2.23. The van der Waals surface area contributed by atoms with Crippen LogP contribution in [0, 0.1) is 11.3 Å². The highest BCUT2D eigenvalue weighted by molar-refractivity contribution is 5.94. The Labute approximate surface area is 116 Å². The molecule has 2 aliphatic rings. The van der Waals surface area contributed by atoms with Crippen LogP contribution in [0.4, 0.5) is 5.69 Å². The van der Waals surface area contributed by atoms with Gasteiger partial charge in [-0.3, -0.25) is 14.3 Å². The van der Waals surface area contributed by atoms with Gasteiger partial charge in [-0.2, -0.15) is 5.10 Å². The van der Waals surface area contributed by atoms with E-state index in [2.05, 4.69) is 15.7 Å². The summed E-state index contributed by atoms with van der Waals surface area (Å²) in [4.78, 5) is 22.8. The van der Waals surface area contributed by atoms with Crippen LogP contribution in [0.25, 0.3) is 0 Å². The molecule has 0 bridgehead atoms. The van der Waals surface area contributed by atoms with Gasteiger partial charge in [0.2, 0.25) is 5.91 Å². The molecule has 2 heterocycles. The van der Waals surface area contributed by atoms with Crippen LogP contribution in [-0.2, 0) is 16.1 Å². The molecular formula is C13H18N4O3. The van der Waals surface area contributed by atoms with Gasteiger partial charge < -0.3 is 15.7 Å². The Morgan fingerprint density at radius 3 is 2.95 bits per heavy atom. The number of aliphatic carboxylic acids is 1. The normalized spacial score (nSPS) is 23.5. The molecule has 1 spiro atoms. The molecule has 3 rings (SSSR count). The molecule has 1 amide bonds. The highest BCUT2D eigenvalue weighted by atomic mass is 16.4. The van der Waals surface area contributed by atoms with Crippen molar-refractivity contribution in [2.24, 2.45) is 11.3 Å². The molecule has 20 heavy (non-hydrogen) atoms. The number of carbonyl (C=O) groups excluding carboxylic acids is 1. The Balaban J connectivity index is 1.57. The first-order valence-electron chi connectivity index (χ1n) is 6.85. The average Bonchev–Trinajstić information content (AvgIpc) is 2.91. The van der Waals surface area contributed by atoms with Crippen LogP contribution in [-0.4, -0.2) is 39.9 Å². The summed E-state index contributed by atoms with van der Waals surface area (Å²) < 4.78 is 1.30. The molecule has 1 aliphatic carbocycles. The standard InChI is InChI=1S/C13H18N4O3/c18-11(19)8-17-7-9(6-15-17)16-12(20)10-5-13(10)1-3-14-4-2-13/h6-7,10,14H,1-5,8H2,(H,16,20)(H,18,19). The lowest BCUT2D eigenvalue weighted by molar-refractivity contribution is -0.137. The Kier molecular flexibility index (Phi) is 3.21. The molecule has 2 fully saturated rings. The largest absolute Gasteiger partial charge is 0.480 e. The van der Waals surface area contributed by atoms with E-state index in [1.807, 2.05) is 0 Å². The molecule has 7 heteroatoms. The Bertz CT molecular complexity index is 533. The topological polar surface area (TPSA) is 96.2 Å². The van der Waals surface area contributed by atoms with Crippen molar-refractivity contribution in [1.82, 2.24) is 15.1 Å². The fourth-order valence-electron chi connectivity index (χ4n) is 3.08. The second-order valence-electron chi connectivity index (χ2n) is 5.68. The van der Waals surface area contributed by atoms with E-state index in [9.17, 15) is 9.59 Å². The van der Waals surface area contributed by atoms with E-state index in [0.29, 0.717) is 5.69 Å². The second-order valence-corrected chi connectivity index (χ2v) is 5.68. The molecule has 1 unspecified atom stereocenters. The summed E-state index contributed by atoms with van der Waals surface area (Å²) in [7, 11) is 0. The number of carbonyl (C=O) groups is 2. The van der Waals surface area contributed by atoms with Gasteiger partial charge in [0, 0.05) is 12.1 Å². The van der Waals surface area contributed by atoms with Crippen molar-refractivity contribution in [3.63, 3.8) is 0 Å². The van der Waals surface area contributed by atoms with Crippen LogP contribution in [0.3, 0.4) is 0 Å². The number of carboxylic acids is 1. The number of carboxylic acid groups (broad SMARTS) is 1. The second kappa shape index (κ2) is 4.90. The first kappa shape index (κ1) is 13.1. The van der Waals surface area contributed by atoms with Crippen molar-refractivity contribution in [3.8, 4) is 0 Å². The summed E-state index contributed by atoms with van der Waals surface area (Å²) in [6.07, 6.45) is 6.11. The minimum absolute atomic E-state index is 0.0294. The van der Waals surface area contributed by atoms with Crippen LogP contribution in [0.2, 0.25) is 0 Å². The summed E-state index contributed by atoms with van der Waals surface area (Å²) in [5, 5.41) is 18.7. The van der Waals surface area contributed by atoms with Gasteiger partial charge in [0.25, 0.3) is 0 Å². The minimum Gasteiger partial charge on any atom is -0.480 e. The Morgan fingerprint density at radius 2 is 2.25 bits per heavy atom. The zero-order valence-electron chi connectivity index (χ0n) is 11.1. The van der Waals surface area contributed by atoms with Gasteiger partial charge in [0.1, 0.15) is 6.54 Å². The number of hydrogen-bond donors (Lipinski definition) is 3. The van der Waals surface area contributed by atoms with E-state index in [-0.39, 0.29) is 23.8 Å². The lowest BCUT2D eigenvalue weighted by Crippen LogP contribution is -2.31. The monoisotopic (exact) mass is 278 g/mol. The van der Waals surface area contributed by atoms with Crippen LogP contribution in [0.1, 0.15) is 19.3 Å². The molecule has 0 radical (unpaired) electrons. The van der Waals surface area contributed by atoms with Gasteiger partial charge >= 0.3 is 5.97 Å². The minimum atomic E-state index is -0.957. The third-order valence-corrected chi connectivity index (χ3v) is 4.30. The number of nitrogens with one attached hydrogen (secondary N) is 2. The lowest BCUT2D eigenvalue weighted by atomic mass is 9.92. The number of rotatable bonds is 4. The number of amides is 1. The molecule has 1 atom stereocenters. The third kappa shape index (κ3) is 2.53. The summed E-state index contributed by atoms with van der Waals surface area (Å²) in [6.45, 7) is 1.77. The van der Waals surface area contributed by atoms with Crippen LogP contribution >= 0.6 is 0 Å². The number of hydrogen-bond acceptors (Lipinski definition) is 4. The van der Waals surface area contributed by atoms with Gasteiger partial charge in [-0.05, 0) is 37.8 Å². The zero-order chi connectivity index (χ0) is 14.2. The van der Waals surface area contributed by atoms with E-state index in [4.69, 9.17) is 5.11 Å². The molecule has 1 aromatic heterocycles. The molecule has 1 aromatic rings. The van der Waals surface area contributed by atoms with E-state index < -0.39 is 5.97 Å². The molecular weight excluding hydrogens is 260 g/mol. The third-order valence-electron chi connectivity index (χ3n) is 4.30. The summed E-state index contributed by atoms with van der Waals surface area (Å²) in [5.41, 5.74) is 0.763. The maximum absolute atomic E-state index is 12.2. The fourth-order valence-corrected chi connectivity index (χ4v) is 3.08. The van der Waals surface area contributed by atoms with Crippen molar-refractivity contribution in [2.45, 2.75) is 25.8 Å². The van der Waals surface area contributed by atoms with E-state index >= 15 is 0 Å². The molecule has 7 nitrogen and oxygen atoms in total. The smallest absolute Gasteiger partial charge is 0.325 e. The first-order chi connectivity index (χ1) is 9.59. The van der Waals surface area contributed by atoms with E-state index in [1.165, 1.54) is 10.9 Å². The van der Waals surface area contributed by atoms with E-state index in [0.717, 1.165) is 32.4 Å². The number of nitrogens with zero attached hydrogens (tertiary/aromatic N) is 2. The maximum atomic E-state index is 12.2. The highest BCUT2D eigenvalue weighted by Crippen LogP contribution is 2.58. The first-order valence-corrected chi connectivity index (χ1v) is 6.85. The van der Waals surface area contributed by atoms with Crippen LogP contribution in [0.15, 0.2) is 12.4 Å². The Hall–Kier alpha value is -1.89. The molecule has 1 saturated carbocycles. The van der Waals surface area contributed by atoms with Crippen molar-refractivity contribution in [3.05, 3.63) is 12.4 Å². The molecule has 0 aromatic carbocycles. The van der Waals surface area contributed by atoms with Gasteiger partial charge in [-0.1, -0.05) is 0 Å². The number of piperidine rings is 1. The summed E-state index contributed by atoms with van der Waals surface area (Å²) in [6, 6.07) is 0. The van der Waals surface area contributed by atoms with E-state index in [1.54, 1.807) is 6.20 Å². The molecule has 108 valence electrons. The average molecular weight is 278 g/mol. The van der Waals surface area contributed by atoms with Gasteiger partial charge in [-0.25, -0.2) is 0 Å². The van der Waals surface area contributed by atoms with Crippen LogP contribution in [0.5, 0.6) is 0 Å². The summed E-state index contributed by atoms with van der Waals surface area (Å²) >= 11 is 0. The molecule has 1 saturated heterocycles. The van der Waals surface area contributed by atoms with Gasteiger partial charge in [0.05, 0.1) is 11.9 Å². The quantitative estimate of drug-likeness (QED) is 0.736. The number of anilines is 1. The van der Waals surface area contributed by atoms with Crippen molar-refractivity contribution >= 4 is 17.6 Å². The SMILES string of the molecule is O=C(O)Cn1cc(NC(=O)C2CC23CCNCC3)cn1. The summed E-state index contributed by atoms with van der Waals surface area (Å²) in [5.74, 6) is -0.837. The Morgan fingerprint density at radius 1 is 1.50 bits per heavy atom. The highest BCUT2D eigenvalue weighted by Gasteiger charge is 2.57. The fraction of sp³-hybridized carbons (Fsp3) is 0.615. The van der Waals surface area contributed by atoms with Gasteiger partial charge in [0.15, 0.2) is 0 Å². The molecule has 1 aliphatic heterocycles. The van der Waals surface area contributed by atoms with Crippen LogP contribution < -0.4 is 10.6 Å². The van der Waals surface area contributed by atoms with Crippen molar-refractivity contribution in [1.29, 1.82) is 0 Å². The maximum Gasteiger partial charge on any atom is 0.325 e. The predicted molar refractivity (Wildman–Crippen MR) is 71.1 cm³/mol. The zero-order valence-corrected chi connectivity index (χ0v) is 11.1. The predicted octanol–water partition coefficient (Wildman–Crippen LogP) is 0.296. The molecule has 3 N–H and O–H groups in total. The number of aromatic nitrogens is 2.